The molecule has 0 aliphatic carbocycles. The van der Waals surface area contributed by atoms with Gasteiger partial charge in [-0.25, -0.2) is 0 Å². The molecule has 17 heavy (non-hydrogen) atoms. The van der Waals surface area contributed by atoms with E-state index in [1.807, 2.05) is 24.4 Å². The molecule has 1 heterocycles. The number of pyridine rings is 1. The van der Waals surface area contributed by atoms with Gasteiger partial charge in [-0.05, 0) is 17.0 Å². The fourth-order valence-corrected chi connectivity index (χ4v) is 1.73. The fourth-order valence-electron chi connectivity index (χ4n) is 1.73. The molecule has 0 radical (unpaired) electrons. The normalized spacial score (nSPS) is 8.94. The summed E-state index contributed by atoms with van der Waals surface area (Å²) in [7, 11) is 0. The second-order valence-electron chi connectivity index (χ2n) is 3.28. The standard InChI is InChI=1S/C13H8N.2CH3.Pt/c1-2-6-12-10(4-1)7-8-11-5-3-9-14-13(11)12;;;/h1-5,7-9H;2*1H3;/q3*-1;. The molecular weight excluding hydrogens is 389 g/mol. The Kier molecular flexibility index (Phi) is 6.05. The molecule has 2 heteroatoms. The average Bonchev–Trinajstić information content (AvgIpc) is 2.29. The zero-order chi connectivity index (χ0) is 9.38. The molecule has 0 bridgehead atoms. The van der Waals surface area contributed by atoms with Crippen LogP contribution in [0.5, 0.6) is 0 Å². The van der Waals surface area contributed by atoms with Gasteiger partial charge in [0.1, 0.15) is 0 Å². The smallest absolute Gasteiger partial charge is 0.0161 e. The molecule has 0 atom stereocenters. The van der Waals surface area contributed by atoms with Crippen LogP contribution >= 0.6 is 0 Å². The molecule has 0 aliphatic heterocycles. The van der Waals surface area contributed by atoms with Crippen molar-refractivity contribution in [2.45, 2.75) is 0 Å². The monoisotopic (exact) mass is 403 g/mol. The van der Waals surface area contributed by atoms with Crippen molar-refractivity contribution in [3.05, 3.63) is 69.6 Å². The average molecular weight is 403 g/mol. The molecule has 0 amide bonds. The van der Waals surface area contributed by atoms with Crippen LogP contribution in [0.2, 0.25) is 0 Å². The molecule has 2 aromatic carbocycles. The third-order valence-electron chi connectivity index (χ3n) is 2.41. The van der Waals surface area contributed by atoms with Crippen LogP contribution in [0.15, 0.2) is 48.7 Å². The zero-order valence-electron chi connectivity index (χ0n) is 9.88. The van der Waals surface area contributed by atoms with E-state index in [9.17, 15) is 0 Å². The number of benzene rings is 2. The number of rotatable bonds is 0. The van der Waals surface area contributed by atoms with Crippen LogP contribution in [0.3, 0.4) is 0 Å². The van der Waals surface area contributed by atoms with Gasteiger partial charge >= 0.3 is 0 Å². The van der Waals surface area contributed by atoms with E-state index in [0.29, 0.717) is 0 Å². The van der Waals surface area contributed by atoms with E-state index in [4.69, 9.17) is 0 Å². The van der Waals surface area contributed by atoms with Gasteiger partial charge in [0.15, 0.2) is 0 Å². The second-order valence-corrected chi connectivity index (χ2v) is 3.28. The Labute approximate surface area is 117 Å². The van der Waals surface area contributed by atoms with Crippen LogP contribution in [-0.4, -0.2) is 4.98 Å². The summed E-state index contributed by atoms with van der Waals surface area (Å²) in [5, 5.41) is 3.46. The van der Waals surface area contributed by atoms with Gasteiger partial charge < -0.3 is 19.8 Å². The van der Waals surface area contributed by atoms with Gasteiger partial charge in [0.2, 0.25) is 0 Å². The quantitative estimate of drug-likeness (QED) is 0.407. The maximum Gasteiger partial charge on any atom is 0.0161 e. The van der Waals surface area contributed by atoms with E-state index in [1.165, 1.54) is 10.8 Å². The van der Waals surface area contributed by atoms with E-state index < -0.39 is 0 Å². The van der Waals surface area contributed by atoms with Gasteiger partial charge in [-0.2, -0.15) is 0 Å². The number of aromatic nitrogens is 1. The third kappa shape index (κ3) is 2.73. The Balaban J connectivity index is 0.000000853. The van der Waals surface area contributed by atoms with E-state index in [2.05, 4.69) is 35.3 Å². The van der Waals surface area contributed by atoms with E-state index in [-0.39, 0.29) is 35.9 Å². The Morgan fingerprint density at radius 2 is 1.59 bits per heavy atom. The molecule has 3 aromatic rings. The first-order valence-corrected chi connectivity index (χ1v) is 4.59. The van der Waals surface area contributed by atoms with Crippen molar-refractivity contribution < 1.29 is 21.1 Å². The molecule has 1 nitrogen and oxygen atoms in total. The number of hydrogen-bond acceptors (Lipinski definition) is 1. The first-order valence-electron chi connectivity index (χ1n) is 4.59. The molecule has 0 aliphatic rings. The predicted molar refractivity (Wildman–Crippen MR) is 70.9 cm³/mol. The molecule has 3 rings (SSSR count). The molecule has 92 valence electrons. The Hall–Kier alpha value is -1.20. The van der Waals surface area contributed by atoms with Gasteiger partial charge in [-0.15, -0.1) is 35.0 Å². The minimum Gasteiger partial charge on any atom is -0.358 e. The van der Waals surface area contributed by atoms with Crippen molar-refractivity contribution in [3.8, 4) is 0 Å². The van der Waals surface area contributed by atoms with E-state index >= 15 is 0 Å². The van der Waals surface area contributed by atoms with Crippen molar-refractivity contribution in [3.63, 3.8) is 0 Å². The Bertz CT molecular complexity index is 550. The summed E-state index contributed by atoms with van der Waals surface area (Å²) in [6.07, 6.45) is 1.82. The van der Waals surface area contributed by atoms with Gasteiger partial charge in [-0.1, -0.05) is 18.2 Å². The van der Waals surface area contributed by atoms with E-state index in [0.717, 1.165) is 10.9 Å². The van der Waals surface area contributed by atoms with Gasteiger partial charge in [0.05, 0.1) is 0 Å². The zero-order valence-corrected chi connectivity index (χ0v) is 12.2. The molecule has 0 unspecified atom stereocenters. The van der Waals surface area contributed by atoms with Crippen molar-refractivity contribution in [1.29, 1.82) is 0 Å². The van der Waals surface area contributed by atoms with Crippen molar-refractivity contribution in [1.82, 2.24) is 4.98 Å². The maximum absolute atomic E-state index is 4.38. The summed E-state index contributed by atoms with van der Waals surface area (Å²) in [6.45, 7) is 0. The van der Waals surface area contributed by atoms with E-state index in [1.54, 1.807) is 0 Å². The second kappa shape index (κ2) is 6.51. The minimum atomic E-state index is 0. The van der Waals surface area contributed by atoms with Crippen LogP contribution in [0, 0.1) is 20.9 Å². The summed E-state index contributed by atoms with van der Waals surface area (Å²) in [4.78, 5) is 4.38. The molecule has 0 N–H and O–H groups in total. The third-order valence-corrected chi connectivity index (χ3v) is 2.41. The van der Waals surface area contributed by atoms with Crippen molar-refractivity contribution in [2.24, 2.45) is 0 Å². The fraction of sp³-hybridized carbons (Fsp3) is 0. The first-order chi connectivity index (χ1) is 6.95. The Morgan fingerprint density at radius 3 is 2.41 bits per heavy atom. The molecule has 0 saturated heterocycles. The summed E-state index contributed by atoms with van der Waals surface area (Å²) in [5.74, 6) is 0. The minimum absolute atomic E-state index is 0. The molecule has 0 saturated carbocycles. The molecular formula is C15H14NPt-3. The van der Waals surface area contributed by atoms with Crippen LogP contribution in [0.25, 0.3) is 21.7 Å². The van der Waals surface area contributed by atoms with Crippen molar-refractivity contribution >= 4 is 21.7 Å². The largest absolute Gasteiger partial charge is 0.358 e. The number of fused-ring (bicyclic) bond motifs is 3. The summed E-state index contributed by atoms with van der Waals surface area (Å²) in [5.41, 5.74) is 1.03. The molecule has 1 aromatic heterocycles. The van der Waals surface area contributed by atoms with Gasteiger partial charge in [0, 0.05) is 27.3 Å². The molecule has 0 spiro atoms. The van der Waals surface area contributed by atoms with Crippen LogP contribution < -0.4 is 0 Å². The summed E-state index contributed by atoms with van der Waals surface area (Å²) in [6, 6.07) is 17.5. The number of nitrogens with zero attached hydrogens (tertiary/aromatic N) is 1. The van der Waals surface area contributed by atoms with Crippen LogP contribution in [0.1, 0.15) is 0 Å². The Morgan fingerprint density at radius 1 is 0.882 bits per heavy atom. The van der Waals surface area contributed by atoms with Gasteiger partial charge in [-0.3, -0.25) is 0 Å². The topological polar surface area (TPSA) is 12.9 Å². The SMILES string of the molecule is [CH3-].[CH3-].[Pt].[c-]1cccc2ccc3cccnc3c12. The van der Waals surface area contributed by atoms with Crippen LogP contribution in [0.4, 0.5) is 0 Å². The van der Waals surface area contributed by atoms with Gasteiger partial charge in [0.25, 0.3) is 0 Å². The molecule has 0 fully saturated rings. The first kappa shape index (κ1) is 15.8. The maximum atomic E-state index is 4.38. The summed E-state index contributed by atoms with van der Waals surface area (Å²) < 4.78 is 0. The van der Waals surface area contributed by atoms with Crippen molar-refractivity contribution in [2.75, 3.05) is 0 Å². The number of hydrogen-bond donors (Lipinski definition) is 0. The predicted octanol–water partition coefficient (Wildman–Crippen LogP) is 4.09. The van der Waals surface area contributed by atoms with Crippen LogP contribution in [-0.2, 0) is 21.1 Å². The summed E-state index contributed by atoms with van der Waals surface area (Å²) >= 11 is 0.